The van der Waals surface area contributed by atoms with Gasteiger partial charge in [0.2, 0.25) is 5.89 Å². The van der Waals surface area contributed by atoms with Crippen molar-refractivity contribution in [3.05, 3.63) is 46.1 Å². The molecule has 0 bridgehead atoms. The predicted octanol–water partition coefficient (Wildman–Crippen LogP) is 2.93. The van der Waals surface area contributed by atoms with E-state index in [-0.39, 0.29) is 11.5 Å². The molecule has 0 saturated carbocycles. The summed E-state index contributed by atoms with van der Waals surface area (Å²) in [4.78, 5) is 16.1. The fourth-order valence-corrected chi connectivity index (χ4v) is 2.45. The van der Waals surface area contributed by atoms with Crippen LogP contribution < -0.4 is 10.4 Å². The van der Waals surface area contributed by atoms with E-state index in [0.29, 0.717) is 21.5 Å². The minimum atomic E-state index is -0.365. The third kappa shape index (κ3) is 1.69. The molecular weight excluding hydrogens is 250 g/mol. The fourth-order valence-electron chi connectivity index (χ4n) is 1.75. The summed E-state index contributed by atoms with van der Waals surface area (Å²) in [6.07, 6.45) is 0. The molecular formula is C13H9NO3S. The second kappa shape index (κ2) is 4.27. The largest absolute Gasteiger partial charge is 0.496 e. The molecule has 1 aromatic carbocycles. The number of fused-ring (bicyclic) bond motifs is 1. The molecule has 3 aromatic rings. The Labute approximate surface area is 106 Å². The first-order chi connectivity index (χ1) is 8.79. The van der Waals surface area contributed by atoms with E-state index in [2.05, 4.69) is 4.98 Å². The summed E-state index contributed by atoms with van der Waals surface area (Å²) in [6.45, 7) is 0. The Morgan fingerprint density at radius 3 is 2.94 bits per heavy atom. The van der Waals surface area contributed by atoms with Crippen molar-refractivity contribution in [1.29, 1.82) is 0 Å². The van der Waals surface area contributed by atoms with E-state index < -0.39 is 0 Å². The molecule has 0 atom stereocenters. The topological polar surface area (TPSA) is 52.3 Å². The van der Waals surface area contributed by atoms with Crippen LogP contribution in [0.3, 0.4) is 0 Å². The Kier molecular flexibility index (Phi) is 2.60. The fraction of sp³-hybridized carbons (Fsp3) is 0.0769. The molecule has 0 fully saturated rings. The third-order valence-corrected chi connectivity index (χ3v) is 3.46. The van der Waals surface area contributed by atoms with Crippen molar-refractivity contribution in [2.24, 2.45) is 0 Å². The van der Waals surface area contributed by atoms with Crippen LogP contribution in [0.2, 0.25) is 0 Å². The predicted molar refractivity (Wildman–Crippen MR) is 70.1 cm³/mol. The SMILES string of the molecule is COc1ccccc1-c1nc2ccsc2c(=O)o1. The molecule has 0 aliphatic rings. The minimum Gasteiger partial charge on any atom is -0.496 e. The summed E-state index contributed by atoms with van der Waals surface area (Å²) >= 11 is 1.33. The quantitative estimate of drug-likeness (QED) is 0.710. The van der Waals surface area contributed by atoms with Crippen molar-refractivity contribution < 1.29 is 9.15 Å². The molecule has 5 heteroatoms. The zero-order valence-corrected chi connectivity index (χ0v) is 10.4. The average Bonchev–Trinajstić information content (AvgIpc) is 2.87. The Balaban J connectivity index is 2.28. The number of aromatic nitrogens is 1. The van der Waals surface area contributed by atoms with Gasteiger partial charge in [-0.2, -0.15) is 0 Å². The highest BCUT2D eigenvalue weighted by molar-refractivity contribution is 7.17. The third-order valence-electron chi connectivity index (χ3n) is 2.58. The standard InChI is InChI=1S/C13H9NO3S/c1-16-10-5-3-2-4-8(10)12-14-9-6-7-18-11(9)13(15)17-12/h2-7H,1H3. The van der Waals surface area contributed by atoms with E-state index in [4.69, 9.17) is 9.15 Å². The highest BCUT2D eigenvalue weighted by Crippen LogP contribution is 2.28. The maximum absolute atomic E-state index is 11.8. The maximum Gasteiger partial charge on any atom is 0.357 e. The van der Waals surface area contributed by atoms with Crippen LogP contribution in [-0.4, -0.2) is 12.1 Å². The first-order valence-corrected chi connectivity index (χ1v) is 6.19. The summed E-state index contributed by atoms with van der Waals surface area (Å²) in [5, 5.41) is 1.82. The van der Waals surface area contributed by atoms with Gasteiger partial charge in [0.1, 0.15) is 10.4 Å². The Hall–Kier alpha value is -2.14. The van der Waals surface area contributed by atoms with Gasteiger partial charge in [0.05, 0.1) is 18.2 Å². The van der Waals surface area contributed by atoms with Gasteiger partial charge in [-0.1, -0.05) is 12.1 Å². The molecule has 2 heterocycles. The van der Waals surface area contributed by atoms with Crippen LogP contribution in [0, 0.1) is 0 Å². The van der Waals surface area contributed by atoms with Crippen LogP contribution in [-0.2, 0) is 0 Å². The Bertz CT molecular complexity index is 760. The van der Waals surface area contributed by atoms with E-state index >= 15 is 0 Å². The summed E-state index contributed by atoms with van der Waals surface area (Å²) < 4.78 is 11.0. The molecule has 0 amide bonds. The number of hydrogen-bond acceptors (Lipinski definition) is 5. The number of hydrogen-bond donors (Lipinski definition) is 0. The van der Waals surface area contributed by atoms with Crippen LogP contribution in [0.1, 0.15) is 0 Å². The van der Waals surface area contributed by atoms with Crippen molar-refractivity contribution in [1.82, 2.24) is 4.98 Å². The lowest BCUT2D eigenvalue weighted by Crippen LogP contribution is -2.01. The van der Waals surface area contributed by atoms with Crippen molar-refractivity contribution in [3.8, 4) is 17.2 Å². The molecule has 0 saturated heterocycles. The number of ether oxygens (including phenoxy) is 1. The zero-order chi connectivity index (χ0) is 12.5. The first-order valence-electron chi connectivity index (χ1n) is 5.31. The molecule has 18 heavy (non-hydrogen) atoms. The smallest absolute Gasteiger partial charge is 0.357 e. The summed E-state index contributed by atoms with van der Waals surface area (Å²) in [5.41, 5.74) is 0.957. The highest BCUT2D eigenvalue weighted by Gasteiger charge is 2.12. The van der Waals surface area contributed by atoms with Gasteiger partial charge in [-0.3, -0.25) is 0 Å². The first kappa shape index (κ1) is 11.0. The Morgan fingerprint density at radius 1 is 1.28 bits per heavy atom. The van der Waals surface area contributed by atoms with Gasteiger partial charge in [-0.15, -0.1) is 11.3 Å². The van der Waals surface area contributed by atoms with Crippen molar-refractivity contribution in [2.45, 2.75) is 0 Å². The van der Waals surface area contributed by atoms with Crippen LogP contribution in [0.5, 0.6) is 5.75 Å². The molecule has 4 nitrogen and oxygen atoms in total. The highest BCUT2D eigenvalue weighted by atomic mass is 32.1. The van der Waals surface area contributed by atoms with E-state index in [1.54, 1.807) is 19.2 Å². The normalized spacial score (nSPS) is 10.7. The van der Waals surface area contributed by atoms with Gasteiger partial charge in [-0.25, -0.2) is 9.78 Å². The van der Waals surface area contributed by atoms with Crippen molar-refractivity contribution >= 4 is 21.6 Å². The van der Waals surface area contributed by atoms with Crippen molar-refractivity contribution in [2.75, 3.05) is 7.11 Å². The molecule has 3 rings (SSSR count). The zero-order valence-electron chi connectivity index (χ0n) is 9.54. The number of benzene rings is 1. The number of para-hydroxylation sites is 1. The van der Waals surface area contributed by atoms with E-state index in [1.807, 2.05) is 23.6 Å². The Morgan fingerprint density at radius 2 is 2.11 bits per heavy atom. The van der Waals surface area contributed by atoms with Gasteiger partial charge in [0, 0.05) is 0 Å². The van der Waals surface area contributed by atoms with Gasteiger partial charge >= 0.3 is 5.63 Å². The number of nitrogens with zero attached hydrogens (tertiary/aromatic N) is 1. The summed E-state index contributed by atoms with van der Waals surface area (Å²) in [6, 6.07) is 9.11. The van der Waals surface area contributed by atoms with Gasteiger partial charge in [-0.05, 0) is 23.6 Å². The molecule has 0 aliphatic heterocycles. The van der Waals surface area contributed by atoms with E-state index in [9.17, 15) is 4.79 Å². The lowest BCUT2D eigenvalue weighted by Gasteiger charge is -2.05. The van der Waals surface area contributed by atoms with Gasteiger partial charge in [0.15, 0.2) is 0 Å². The van der Waals surface area contributed by atoms with E-state index in [1.165, 1.54) is 11.3 Å². The lowest BCUT2D eigenvalue weighted by atomic mass is 10.2. The molecule has 0 radical (unpaired) electrons. The van der Waals surface area contributed by atoms with Crippen LogP contribution >= 0.6 is 11.3 Å². The monoisotopic (exact) mass is 259 g/mol. The van der Waals surface area contributed by atoms with Crippen LogP contribution in [0.25, 0.3) is 21.7 Å². The van der Waals surface area contributed by atoms with E-state index in [0.717, 1.165) is 0 Å². The number of rotatable bonds is 2. The minimum absolute atomic E-state index is 0.281. The van der Waals surface area contributed by atoms with Crippen LogP contribution in [0.4, 0.5) is 0 Å². The van der Waals surface area contributed by atoms with Gasteiger partial charge in [0.25, 0.3) is 0 Å². The second-order valence-corrected chi connectivity index (χ2v) is 4.56. The molecule has 0 spiro atoms. The molecule has 90 valence electrons. The summed E-state index contributed by atoms with van der Waals surface area (Å²) in [5.74, 6) is 0.908. The summed E-state index contributed by atoms with van der Waals surface area (Å²) in [7, 11) is 1.57. The second-order valence-electron chi connectivity index (χ2n) is 3.64. The molecule has 2 aromatic heterocycles. The molecule has 0 aliphatic carbocycles. The van der Waals surface area contributed by atoms with Gasteiger partial charge < -0.3 is 9.15 Å². The number of thiophene rings is 1. The maximum atomic E-state index is 11.8. The van der Waals surface area contributed by atoms with Crippen LogP contribution in [0.15, 0.2) is 44.9 Å². The lowest BCUT2D eigenvalue weighted by molar-refractivity contribution is 0.413. The average molecular weight is 259 g/mol. The molecule has 0 unspecified atom stereocenters. The van der Waals surface area contributed by atoms with Crippen molar-refractivity contribution in [3.63, 3.8) is 0 Å². The molecule has 0 N–H and O–H groups in total. The number of methoxy groups -OCH3 is 1.